The summed E-state index contributed by atoms with van der Waals surface area (Å²) in [5.74, 6) is -0.398. The molecule has 0 bridgehead atoms. The molecule has 0 aliphatic carbocycles. The van der Waals surface area contributed by atoms with Gasteiger partial charge >= 0.3 is 5.97 Å². The van der Waals surface area contributed by atoms with E-state index in [2.05, 4.69) is 4.99 Å². The molecular weight excluding hydrogens is 328 g/mol. The van der Waals surface area contributed by atoms with Crippen LogP contribution in [-0.2, 0) is 19.6 Å². The third kappa shape index (κ3) is 2.90. The Labute approximate surface area is 140 Å². The van der Waals surface area contributed by atoms with Crippen LogP contribution in [0.5, 0.6) is 0 Å². The molecule has 3 rings (SSSR count). The van der Waals surface area contributed by atoms with Crippen LogP contribution in [0.1, 0.15) is 13.3 Å². The molecule has 0 unspecified atom stereocenters. The van der Waals surface area contributed by atoms with Crippen LogP contribution in [0.15, 0.2) is 64.5 Å². The van der Waals surface area contributed by atoms with E-state index in [4.69, 9.17) is 4.74 Å². The molecule has 0 aromatic heterocycles. The molecule has 0 amide bonds. The Bertz CT molecular complexity index is 892. The van der Waals surface area contributed by atoms with Crippen LogP contribution in [0.2, 0.25) is 0 Å². The van der Waals surface area contributed by atoms with Crippen molar-refractivity contribution in [3.63, 3.8) is 0 Å². The number of benzene rings is 2. The number of carbonyl (C=O) groups excluding carboxylic acids is 1. The molecule has 2 aromatic rings. The second kappa shape index (κ2) is 6.45. The number of amidine groups is 1. The number of aliphatic imine (C=N–C) groups is 1. The van der Waals surface area contributed by atoms with Crippen molar-refractivity contribution >= 4 is 33.2 Å². The summed E-state index contributed by atoms with van der Waals surface area (Å²) in [5.41, 5.74) is 0.749. The molecule has 0 fully saturated rings. The lowest BCUT2D eigenvalue weighted by Gasteiger charge is -2.29. The highest BCUT2D eigenvalue weighted by Gasteiger charge is 2.36. The fourth-order valence-corrected chi connectivity index (χ4v) is 4.10. The second-order valence-electron chi connectivity index (χ2n) is 5.08. The van der Waals surface area contributed by atoms with Crippen molar-refractivity contribution < 1.29 is 17.9 Å². The van der Waals surface area contributed by atoms with Crippen molar-refractivity contribution in [2.24, 2.45) is 4.99 Å². The number of hydrogen-bond acceptors (Lipinski definition) is 5. The monoisotopic (exact) mass is 344 g/mol. The highest BCUT2D eigenvalue weighted by molar-refractivity contribution is 7.93. The second-order valence-corrected chi connectivity index (χ2v) is 6.84. The number of nitrogens with zero attached hydrogens (tertiary/aromatic N) is 2. The number of para-hydroxylation sites is 2. The van der Waals surface area contributed by atoms with Gasteiger partial charge in [0.15, 0.2) is 0 Å². The van der Waals surface area contributed by atoms with Gasteiger partial charge in [0.25, 0.3) is 10.0 Å². The molecule has 124 valence electrons. The molecule has 6 nitrogen and oxygen atoms in total. The molecule has 0 radical (unpaired) electrons. The van der Waals surface area contributed by atoms with E-state index in [9.17, 15) is 13.2 Å². The average molecular weight is 344 g/mol. The van der Waals surface area contributed by atoms with E-state index in [-0.39, 0.29) is 23.8 Å². The summed E-state index contributed by atoms with van der Waals surface area (Å²) in [6.45, 7) is 1.92. The molecule has 0 saturated carbocycles. The lowest BCUT2D eigenvalue weighted by molar-refractivity contribution is -0.141. The number of anilines is 1. The van der Waals surface area contributed by atoms with E-state index in [1.807, 2.05) is 0 Å². The fourth-order valence-electron chi connectivity index (χ4n) is 2.49. The standard InChI is InChI=1S/C17H16N2O4S/c1-2-23-17(20)12-16-18-14-10-6-7-11-15(14)24(21,22)19(16)13-8-4-3-5-9-13/h3-11H,2,12H2,1H3. The van der Waals surface area contributed by atoms with Gasteiger partial charge < -0.3 is 4.74 Å². The first kappa shape index (κ1) is 16.2. The number of esters is 1. The molecule has 0 N–H and O–H groups in total. The number of fused-ring (bicyclic) bond motifs is 1. The maximum absolute atomic E-state index is 13.0. The summed E-state index contributed by atoms with van der Waals surface area (Å²) in [4.78, 5) is 16.4. The van der Waals surface area contributed by atoms with Gasteiger partial charge in [0.2, 0.25) is 0 Å². The Kier molecular flexibility index (Phi) is 4.35. The summed E-state index contributed by atoms with van der Waals surface area (Å²) in [6, 6.07) is 15.0. The minimum absolute atomic E-state index is 0.112. The smallest absolute Gasteiger partial charge is 0.313 e. The van der Waals surface area contributed by atoms with Crippen molar-refractivity contribution in [3.05, 3.63) is 54.6 Å². The lowest BCUT2D eigenvalue weighted by Crippen LogP contribution is -2.40. The van der Waals surface area contributed by atoms with Gasteiger partial charge in [0.1, 0.15) is 17.2 Å². The highest BCUT2D eigenvalue weighted by Crippen LogP contribution is 2.35. The number of carbonyl (C=O) groups is 1. The molecule has 24 heavy (non-hydrogen) atoms. The van der Waals surface area contributed by atoms with Crippen LogP contribution in [0.3, 0.4) is 0 Å². The number of sulfonamides is 1. The summed E-state index contributed by atoms with van der Waals surface area (Å²) in [7, 11) is -3.85. The molecule has 0 saturated heterocycles. The predicted molar refractivity (Wildman–Crippen MR) is 90.9 cm³/mol. The zero-order chi connectivity index (χ0) is 17.2. The molecule has 1 aliphatic heterocycles. The van der Waals surface area contributed by atoms with Crippen LogP contribution in [-0.4, -0.2) is 26.8 Å². The van der Waals surface area contributed by atoms with E-state index in [0.717, 1.165) is 4.31 Å². The number of hydrogen-bond donors (Lipinski definition) is 0. The molecule has 0 atom stereocenters. The first-order valence-electron chi connectivity index (χ1n) is 7.46. The predicted octanol–water partition coefficient (Wildman–Crippen LogP) is 2.88. The third-order valence-corrected chi connectivity index (χ3v) is 5.27. The quantitative estimate of drug-likeness (QED) is 0.799. The summed E-state index contributed by atoms with van der Waals surface area (Å²) >= 11 is 0. The van der Waals surface area contributed by atoms with Crippen LogP contribution < -0.4 is 4.31 Å². The van der Waals surface area contributed by atoms with E-state index < -0.39 is 16.0 Å². The van der Waals surface area contributed by atoms with Crippen LogP contribution in [0, 0.1) is 0 Å². The van der Waals surface area contributed by atoms with Crippen molar-refractivity contribution in [2.75, 3.05) is 10.9 Å². The van der Waals surface area contributed by atoms with Gasteiger partial charge in [-0.05, 0) is 31.2 Å². The Morgan fingerprint density at radius 3 is 2.46 bits per heavy atom. The molecule has 2 aromatic carbocycles. The highest BCUT2D eigenvalue weighted by atomic mass is 32.2. The first-order valence-corrected chi connectivity index (χ1v) is 8.90. The van der Waals surface area contributed by atoms with Gasteiger partial charge in [-0.15, -0.1) is 0 Å². The average Bonchev–Trinajstić information content (AvgIpc) is 2.55. The fraction of sp³-hybridized carbons (Fsp3) is 0.176. The molecule has 1 aliphatic rings. The van der Waals surface area contributed by atoms with E-state index >= 15 is 0 Å². The topological polar surface area (TPSA) is 76.0 Å². The minimum Gasteiger partial charge on any atom is -0.466 e. The minimum atomic E-state index is -3.85. The number of ether oxygens (including phenoxy) is 1. The number of rotatable bonds is 4. The van der Waals surface area contributed by atoms with E-state index in [1.54, 1.807) is 55.5 Å². The van der Waals surface area contributed by atoms with E-state index in [1.165, 1.54) is 6.07 Å². The van der Waals surface area contributed by atoms with Crippen molar-refractivity contribution in [3.8, 4) is 0 Å². The summed E-state index contributed by atoms with van der Waals surface area (Å²) in [5, 5.41) is 0. The third-order valence-electron chi connectivity index (χ3n) is 3.47. The molecular formula is C17H16N2O4S. The summed E-state index contributed by atoms with van der Waals surface area (Å²) in [6.07, 6.45) is -0.226. The van der Waals surface area contributed by atoms with Crippen molar-refractivity contribution in [1.29, 1.82) is 0 Å². The van der Waals surface area contributed by atoms with Crippen LogP contribution in [0.4, 0.5) is 11.4 Å². The largest absolute Gasteiger partial charge is 0.466 e. The normalized spacial score (nSPS) is 15.4. The maximum atomic E-state index is 13.0. The summed E-state index contributed by atoms with van der Waals surface area (Å²) < 4.78 is 32.1. The Morgan fingerprint density at radius 1 is 1.08 bits per heavy atom. The van der Waals surface area contributed by atoms with Gasteiger partial charge in [0.05, 0.1) is 18.0 Å². The SMILES string of the molecule is CCOC(=O)CC1=Nc2ccccc2S(=O)(=O)N1c1ccccc1. The Hall–Kier alpha value is -2.67. The maximum Gasteiger partial charge on any atom is 0.313 e. The van der Waals surface area contributed by atoms with E-state index in [0.29, 0.717) is 11.4 Å². The van der Waals surface area contributed by atoms with Crippen LogP contribution in [0.25, 0.3) is 0 Å². The molecule has 7 heteroatoms. The van der Waals surface area contributed by atoms with Gasteiger partial charge in [-0.2, -0.15) is 0 Å². The first-order chi connectivity index (χ1) is 11.5. The van der Waals surface area contributed by atoms with Crippen molar-refractivity contribution in [1.82, 2.24) is 0 Å². The molecule has 1 heterocycles. The van der Waals surface area contributed by atoms with Gasteiger partial charge in [-0.3, -0.25) is 4.79 Å². The van der Waals surface area contributed by atoms with Gasteiger partial charge in [0, 0.05) is 0 Å². The van der Waals surface area contributed by atoms with Crippen LogP contribution >= 0.6 is 0 Å². The van der Waals surface area contributed by atoms with Gasteiger partial charge in [-0.25, -0.2) is 17.7 Å². The lowest BCUT2D eigenvalue weighted by atomic mass is 10.3. The zero-order valence-corrected chi connectivity index (χ0v) is 13.9. The van der Waals surface area contributed by atoms with Gasteiger partial charge in [-0.1, -0.05) is 30.3 Å². The van der Waals surface area contributed by atoms with Crippen molar-refractivity contribution in [2.45, 2.75) is 18.2 Å². The Balaban J connectivity index is 2.15. The molecule has 0 spiro atoms. The Morgan fingerprint density at radius 2 is 1.75 bits per heavy atom. The zero-order valence-electron chi connectivity index (χ0n) is 13.0.